The smallest absolute Gasteiger partial charge is 0.277 e. The van der Waals surface area contributed by atoms with Gasteiger partial charge in [-0.3, -0.25) is 24.9 Å². The Labute approximate surface area is 142 Å². The summed E-state index contributed by atoms with van der Waals surface area (Å²) in [6.07, 6.45) is 2.19. The van der Waals surface area contributed by atoms with Crippen LogP contribution in [0.5, 0.6) is 0 Å². The van der Waals surface area contributed by atoms with Gasteiger partial charge in [-0.2, -0.15) is 0 Å². The van der Waals surface area contributed by atoms with Crippen molar-refractivity contribution in [3.05, 3.63) is 35.9 Å². The Morgan fingerprint density at radius 1 is 1.17 bits per heavy atom. The fraction of sp³-hybridized carbons (Fsp3) is 0.500. The molecule has 0 unspecified atom stereocenters. The maximum atomic E-state index is 12.4. The first kappa shape index (κ1) is 16.6. The Hall–Kier alpha value is -2.21. The van der Waals surface area contributed by atoms with E-state index in [1.54, 1.807) is 4.90 Å². The van der Waals surface area contributed by atoms with Gasteiger partial charge in [-0.1, -0.05) is 44.2 Å². The minimum Gasteiger partial charge on any atom is -0.277 e. The summed E-state index contributed by atoms with van der Waals surface area (Å²) in [5.74, 6) is 0.419. The number of imide groups is 1. The van der Waals surface area contributed by atoms with E-state index in [1.165, 1.54) is 5.56 Å². The highest BCUT2D eigenvalue weighted by molar-refractivity contribution is 6.21. The zero-order valence-electron chi connectivity index (χ0n) is 14.3. The van der Waals surface area contributed by atoms with Crippen molar-refractivity contribution >= 4 is 17.8 Å². The molecule has 3 amide bonds. The first-order valence-electron chi connectivity index (χ1n) is 8.55. The molecule has 0 bridgehead atoms. The summed E-state index contributed by atoms with van der Waals surface area (Å²) in [6.45, 7) is 5.78. The second-order valence-electron chi connectivity index (χ2n) is 6.37. The van der Waals surface area contributed by atoms with Crippen LogP contribution >= 0.6 is 0 Å². The summed E-state index contributed by atoms with van der Waals surface area (Å²) >= 11 is 0. The molecule has 0 aliphatic carbocycles. The van der Waals surface area contributed by atoms with Crippen LogP contribution in [0.25, 0.3) is 0 Å². The van der Waals surface area contributed by atoms with Gasteiger partial charge < -0.3 is 0 Å². The maximum Gasteiger partial charge on any atom is 0.330 e. The monoisotopic (exact) mass is 328 g/mol. The number of nitrogens with one attached hydrogen (secondary N) is 1. The number of aliphatic imine (C=N–C) groups is 1. The number of hydrogen-bond acceptors (Lipinski definition) is 4. The van der Waals surface area contributed by atoms with Crippen molar-refractivity contribution in [3.8, 4) is 0 Å². The number of amidine groups is 1. The molecule has 1 saturated heterocycles. The third kappa shape index (κ3) is 2.82. The van der Waals surface area contributed by atoms with Gasteiger partial charge in [0.05, 0.1) is 13.3 Å². The van der Waals surface area contributed by atoms with Crippen LogP contribution < -0.4 is 5.32 Å². The molecule has 1 aromatic carbocycles. The number of carbonyl (C=O) groups is 2. The molecule has 6 nitrogen and oxygen atoms in total. The van der Waals surface area contributed by atoms with E-state index in [2.05, 4.69) is 27.3 Å². The van der Waals surface area contributed by atoms with Gasteiger partial charge >= 0.3 is 6.03 Å². The van der Waals surface area contributed by atoms with E-state index in [-0.39, 0.29) is 11.9 Å². The van der Waals surface area contributed by atoms with E-state index in [0.717, 1.165) is 13.0 Å². The lowest BCUT2D eigenvalue weighted by Gasteiger charge is -2.45. The second kappa shape index (κ2) is 6.73. The molecule has 1 N–H and O–H groups in total. The van der Waals surface area contributed by atoms with Crippen molar-refractivity contribution in [1.29, 1.82) is 0 Å². The highest BCUT2D eigenvalue weighted by Gasteiger charge is 2.50. The molecule has 2 aliphatic rings. The number of fused-ring (bicyclic) bond motifs is 1. The van der Waals surface area contributed by atoms with E-state index in [0.29, 0.717) is 32.0 Å². The van der Waals surface area contributed by atoms with Gasteiger partial charge in [0.1, 0.15) is 11.3 Å². The molecule has 1 aromatic rings. The van der Waals surface area contributed by atoms with Crippen LogP contribution in [0.3, 0.4) is 0 Å². The fourth-order valence-electron chi connectivity index (χ4n) is 3.48. The summed E-state index contributed by atoms with van der Waals surface area (Å²) in [5.41, 5.74) is 0.585. The second-order valence-corrected chi connectivity index (χ2v) is 6.37. The number of urea groups is 1. The zero-order valence-corrected chi connectivity index (χ0v) is 14.3. The van der Waals surface area contributed by atoms with Crippen LogP contribution in [0.15, 0.2) is 35.3 Å². The molecule has 1 fully saturated rings. The molecule has 24 heavy (non-hydrogen) atoms. The molecule has 0 aromatic heterocycles. The number of rotatable bonds is 5. The van der Waals surface area contributed by atoms with Crippen molar-refractivity contribution in [3.63, 3.8) is 0 Å². The summed E-state index contributed by atoms with van der Waals surface area (Å²) in [6, 6.07) is 9.91. The molecule has 3 rings (SSSR count). The minimum atomic E-state index is -0.681. The van der Waals surface area contributed by atoms with Gasteiger partial charge in [-0.05, 0) is 24.8 Å². The topological polar surface area (TPSA) is 65.0 Å². The Morgan fingerprint density at radius 3 is 2.54 bits per heavy atom. The van der Waals surface area contributed by atoms with Crippen LogP contribution in [-0.2, 0) is 11.2 Å². The molecular formula is C18H24N4O2. The van der Waals surface area contributed by atoms with E-state index in [9.17, 15) is 9.59 Å². The van der Waals surface area contributed by atoms with Crippen molar-refractivity contribution < 1.29 is 9.59 Å². The molecule has 2 heterocycles. The standard InChI is InChI=1S/C18H24N4O2/c1-3-18(4-2)15-19-12-21(11-10-14-8-6-5-7-9-14)13-22(15)17(24)20-16(18)23/h5-9H,3-4,10-13H2,1-2H3,(H,20,23,24). The van der Waals surface area contributed by atoms with E-state index in [4.69, 9.17) is 0 Å². The van der Waals surface area contributed by atoms with Gasteiger partial charge in [-0.15, -0.1) is 0 Å². The summed E-state index contributed by atoms with van der Waals surface area (Å²) < 4.78 is 0. The molecule has 2 aliphatic heterocycles. The zero-order chi connectivity index (χ0) is 17.2. The molecule has 0 spiro atoms. The van der Waals surface area contributed by atoms with E-state index in [1.807, 2.05) is 32.0 Å². The van der Waals surface area contributed by atoms with Crippen LogP contribution in [0, 0.1) is 5.41 Å². The maximum absolute atomic E-state index is 12.4. The highest BCUT2D eigenvalue weighted by atomic mass is 16.2. The molecular weight excluding hydrogens is 304 g/mol. The summed E-state index contributed by atoms with van der Waals surface area (Å²) in [4.78, 5) is 33.0. The fourth-order valence-corrected chi connectivity index (χ4v) is 3.48. The third-order valence-corrected chi connectivity index (χ3v) is 5.11. The predicted octanol–water partition coefficient (Wildman–Crippen LogP) is 2.22. The van der Waals surface area contributed by atoms with E-state index < -0.39 is 5.41 Å². The number of carbonyl (C=O) groups excluding carboxylic acids is 2. The van der Waals surface area contributed by atoms with Crippen molar-refractivity contribution in [2.24, 2.45) is 10.4 Å². The van der Waals surface area contributed by atoms with Crippen LogP contribution in [0.2, 0.25) is 0 Å². The average molecular weight is 328 g/mol. The van der Waals surface area contributed by atoms with Gasteiger partial charge in [0.2, 0.25) is 5.91 Å². The summed E-state index contributed by atoms with van der Waals surface area (Å²) in [5, 5.41) is 2.51. The molecule has 0 saturated carbocycles. The average Bonchev–Trinajstić information content (AvgIpc) is 2.62. The predicted molar refractivity (Wildman–Crippen MR) is 92.4 cm³/mol. The first-order valence-corrected chi connectivity index (χ1v) is 8.55. The number of nitrogens with zero attached hydrogens (tertiary/aromatic N) is 3. The SMILES string of the molecule is CCC1(CC)C(=O)NC(=O)N2CN(CCc3ccccc3)CN=C21. The Balaban J connectivity index is 1.75. The number of hydrogen-bond donors (Lipinski definition) is 1. The first-order chi connectivity index (χ1) is 11.6. The Kier molecular flexibility index (Phi) is 4.66. The number of benzene rings is 1. The summed E-state index contributed by atoms with van der Waals surface area (Å²) in [7, 11) is 0. The molecule has 6 heteroatoms. The lowest BCUT2D eigenvalue weighted by Crippen LogP contribution is -2.67. The highest BCUT2D eigenvalue weighted by Crippen LogP contribution is 2.34. The van der Waals surface area contributed by atoms with Gasteiger partial charge in [-0.25, -0.2) is 4.79 Å². The largest absolute Gasteiger partial charge is 0.330 e. The Morgan fingerprint density at radius 2 is 1.88 bits per heavy atom. The lowest BCUT2D eigenvalue weighted by atomic mass is 9.78. The minimum absolute atomic E-state index is 0.217. The van der Waals surface area contributed by atoms with Crippen LogP contribution in [0.4, 0.5) is 4.79 Å². The third-order valence-electron chi connectivity index (χ3n) is 5.11. The van der Waals surface area contributed by atoms with Gasteiger partial charge in [0, 0.05) is 6.54 Å². The van der Waals surface area contributed by atoms with Crippen LogP contribution in [-0.4, -0.2) is 47.5 Å². The van der Waals surface area contributed by atoms with Crippen LogP contribution in [0.1, 0.15) is 32.3 Å². The van der Waals surface area contributed by atoms with Crippen molar-refractivity contribution in [2.45, 2.75) is 33.1 Å². The molecule has 0 radical (unpaired) electrons. The number of amides is 3. The molecule has 0 atom stereocenters. The Bertz CT molecular complexity index is 652. The van der Waals surface area contributed by atoms with Crippen molar-refractivity contribution in [1.82, 2.24) is 15.1 Å². The quantitative estimate of drug-likeness (QED) is 0.901. The normalized spacial score (nSPS) is 20.4. The molecule has 128 valence electrons. The van der Waals surface area contributed by atoms with Gasteiger partial charge in [0.15, 0.2) is 0 Å². The van der Waals surface area contributed by atoms with Crippen molar-refractivity contribution in [2.75, 3.05) is 19.9 Å². The van der Waals surface area contributed by atoms with E-state index >= 15 is 0 Å². The van der Waals surface area contributed by atoms with Gasteiger partial charge in [0.25, 0.3) is 0 Å². The lowest BCUT2D eigenvalue weighted by molar-refractivity contribution is -0.128.